The van der Waals surface area contributed by atoms with E-state index in [0.29, 0.717) is 22.2 Å². The van der Waals surface area contributed by atoms with E-state index in [9.17, 15) is 9.59 Å². The summed E-state index contributed by atoms with van der Waals surface area (Å²) in [5.74, 6) is 0.194. The number of nitrogens with one attached hydrogen (secondary N) is 1. The second-order valence-electron chi connectivity index (χ2n) is 4.95. The Morgan fingerprint density at radius 2 is 1.76 bits per heavy atom. The molecule has 0 radical (unpaired) electrons. The van der Waals surface area contributed by atoms with E-state index in [1.165, 1.54) is 23.8 Å². The van der Waals surface area contributed by atoms with Gasteiger partial charge in [-0.25, -0.2) is 0 Å². The minimum atomic E-state index is -0.109. The number of hydrogen-bond donors (Lipinski definition) is 1. The average Bonchev–Trinajstić information content (AvgIpc) is 2.99. The lowest BCUT2D eigenvalue weighted by Gasteiger charge is -2.15. The van der Waals surface area contributed by atoms with Crippen molar-refractivity contribution in [1.82, 2.24) is 5.32 Å². The van der Waals surface area contributed by atoms with E-state index in [1.54, 1.807) is 12.1 Å². The number of hydrogen-bond acceptors (Lipinski definition) is 3. The highest BCUT2D eigenvalue weighted by Crippen LogP contribution is 2.20. The van der Waals surface area contributed by atoms with Gasteiger partial charge in [-0.15, -0.1) is 11.3 Å². The number of rotatable bonds is 6. The van der Waals surface area contributed by atoms with Crippen LogP contribution in [-0.4, -0.2) is 18.2 Å². The van der Waals surface area contributed by atoms with Crippen molar-refractivity contribution in [3.05, 3.63) is 57.8 Å². The van der Waals surface area contributed by atoms with Crippen LogP contribution in [0.1, 0.15) is 51.1 Å². The summed E-state index contributed by atoms with van der Waals surface area (Å²) in [7, 11) is 0. The predicted octanol–water partition coefficient (Wildman–Crippen LogP) is 3.87. The molecule has 0 saturated carbocycles. The van der Waals surface area contributed by atoms with Gasteiger partial charge in [0, 0.05) is 12.5 Å². The molecule has 0 saturated heterocycles. The number of carbonyl (C=O) groups is 2. The maximum absolute atomic E-state index is 12.1. The van der Waals surface area contributed by atoms with Crippen molar-refractivity contribution in [3.63, 3.8) is 0 Å². The van der Waals surface area contributed by atoms with Crippen molar-refractivity contribution in [1.29, 1.82) is 0 Å². The topological polar surface area (TPSA) is 46.2 Å². The molecule has 1 atom stereocenters. The minimum Gasteiger partial charge on any atom is -0.351 e. The third-order valence-electron chi connectivity index (χ3n) is 3.45. The lowest BCUT2D eigenvalue weighted by atomic mass is 9.96. The number of ketones is 1. The molecule has 1 aromatic carbocycles. The fraction of sp³-hybridized carbons (Fsp3) is 0.294. The molecule has 4 heteroatoms. The summed E-state index contributed by atoms with van der Waals surface area (Å²) in [5, 5.41) is 2.96. The van der Waals surface area contributed by atoms with Crippen LogP contribution in [0.4, 0.5) is 0 Å². The fourth-order valence-corrected chi connectivity index (χ4v) is 2.99. The van der Waals surface area contributed by atoms with Gasteiger partial charge in [0.1, 0.15) is 0 Å². The van der Waals surface area contributed by atoms with Gasteiger partial charge < -0.3 is 5.32 Å². The van der Waals surface area contributed by atoms with Gasteiger partial charge in [-0.3, -0.25) is 9.59 Å². The summed E-state index contributed by atoms with van der Waals surface area (Å²) >= 11 is 1.24. The van der Waals surface area contributed by atoms with Crippen LogP contribution in [0.5, 0.6) is 0 Å². The highest BCUT2D eigenvalue weighted by Gasteiger charge is 2.14. The van der Waals surface area contributed by atoms with Gasteiger partial charge in [-0.05, 0) is 31.0 Å². The van der Waals surface area contributed by atoms with Crippen LogP contribution in [-0.2, 0) is 0 Å². The molecule has 0 spiro atoms. The zero-order valence-corrected chi connectivity index (χ0v) is 13.1. The highest BCUT2D eigenvalue weighted by molar-refractivity contribution is 7.15. The van der Waals surface area contributed by atoms with Crippen molar-refractivity contribution in [2.45, 2.75) is 26.2 Å². The summed E-state index contributed by atoms with van der Waals surface area (Å²) in [5.41, 5.74) is 1.23. The van der Waals surface area contributed by atoms with Crippen LogP contribution >= 0.6 is 11.3 Å². The molecule has 1 amide bonds. The molecule has 21 heavy (non-hydrogen) atoms. The number of carbonyl (C=O) groups excluding carboxylic acids is 2. The Bertz CT molecular complexity index is 619. The van der Waals surface area contributed by atoms with E-state index in [0.717, 1.165) is 6.42 Å². The Kier molecular flexibility index (Phi) is 5.28. The quantitative estimate of drug-likeness (QED) is 0.823. The molecule has 0 bridgehead atoms. The van der Waals surface area contributed by atoms with Crippen LogP contribution in [0.25, 0.3) is 0 Å². The first-order valence-corrected chi connectivity index (χ1v) is 7.87. The maximum atomic E-state index is 12.1. The first-order chi connectivity index (χ1) is 10.1. The Balaban J connectivity index is 1.97. The zero-order valence-electron chi connectivity index (χ0n) is 12.3. The van der Waals surface area contributed by atoms with E-state index < -0.39 is 0 Å². The molecule has 0 aliphatic carbocycles. The molecule has 1 N–H and O–H groups in total. The second kappa shape index (κ2) is 7.18. The van der Waals surface area contributed by atoms with Crippen LogP contribution in [0.15, 0.2) is 42.5 Å². The zero-order chi connectivity index (χ0) is 15.2. The number of Topliss-reactive ketones (excluding diaryl/α,β-unsaturated/α-hetero) is 1. The molecular formula is C17H19NO2S. The van der Waals surface area contributed by atoms with Crippen molar-refractivity contribution < 1.29 is 9.59 Å². The van der Waals surface area contributed by atoms with Crippen molar-refractivity contribution in [2.75, 3.05) is 6.54 Å². The molecule has 0 aliphatic heterocycles. The van der Waals surface area contributed by atoms with Gasteiger partial charge in [-0.1, -0.05) is 37.3 Å². The predicted molar refractivity (Wildman–Crippen MR) is 86.1 cm³/mol. The first-order valence-electron chi connectivity index (χ1n) is 7.05. The summed E-state index contributed by atoms with van der Waals surface area (Å²) in [6.45, 7) is 4.23. The largest absolute Gasteiger partial charge is 0.351 e. The fourth-order valence-electron chi connectivity index (χ4n) is 2.18. The molecule has 110 valence electrons. The van der Waals surface area contributed by atoms with E-state index >= 15 is 0 Å². The van der Waals surface area contributed by atoms with Crippen LogP contribution in [0.2, 0.25) is 0 Å². The minimum absolute atomic E-state index is 0.00484. The van der Waals surface area contributed by atoms with Crippen molar-refractivity contribution >= 4 is 23.0 Å². The summed E-state index contributed by atoms with van der Waals surface area (Å²) in [6.07, 6.45) is 0.966. The van der Waals surface area contributed by atoms with Crippen LogP contribution in [0, 0.1) is 0 Å². The Morgan fingerprint density at radius 3 is 2.33 bits per heavy atom. The third kappa shape index (κ3) is 4.02. The molecule has 2 rings (SSSR count). The molecule has 0 aliphatic rings. The van der Waals surface area contributed by atoms with Crippen LogP contribution in [0.3, 0.4) is 0 Å². The second-order valence-corrected chi connectivity index (χ2v) is 6.03. The van der Waals surface area contributed by atoms with Gasteiger partial charge in [0.25, 0.3) is 5.91 Å². The van der Waals surface area contributed by atoms with E-state index in [4.69, 9.17) is 0 Å². The molecule has 1 unspecified atom stereocenters. The van der Waals surface area contributed by atoms with Crippen molar-refractivity contribution in [3.8, 4) is 0 Å². The third-order valence-corrected chi connectivity index (χ3v) is 4.63. The lowest BCUT2D eigenvalue weighted by Crippen LogP contribution is -2.27. The lowest BCUT2D eigenvalue weighted by molar-refractivity contribution is 0.0954. The van der Waals surface area contributed by atoms with E-state index in [2.05, 4.69) is 24.4 Å². The summed E-state index contributed by atoms with van der Waals surface area (Å²) < 4.78 is 0. The van der Waals surface area contributed by atoms with E-state index in [-0.39, 0.29) is 11.7 Å². The molecule has 0 fully saturated rings. The number of amides is 1. The van der Waals surface area contributed by atoms with Gasteiger partial charge in [0.2, 0.25) is 0 Å². The average molecular weight is 301 g/mol. The molecular weight excluding hydrogens is 282 g/mol. The highest BCUT2D eigenvalue weighted by atomic mass is 32.1. The van der Waals surface area contributed by atoms with E-state index in [1.807, 2.05) is 18.2 Å². The number of thiophene rings is 1. The molecule has 1 aromatic heterocycles. The van der Waals surface area contributed by atoms with Gasteiger partial charge in [-0.2, -0.15) is 0 Å². The number of benzene rings is 1. The molecule has 1 heterocycles. The van der Waals surface area contributed by atoms with Gasteiger partial charge >= 0.3 is 0 Å². The normalized spacial score (nSPS) is 11.9. The van der Waals surface area contributed by atoms with Gasteiger partial charge in [0.05, 0.1) is 9.75 Å². The van der Waals surface area contributed by atoms with Crippen molar-refractivity contribution in [2.24, 2.45) is 0 Å². The molecule has 3 nitrogen and oxygen atoms in total. The Hall–Kier alpha value is -1.94. The van der Waals surface area contributed by atoms with Crippen LogP contribution < -0.4 is 5.32 Å². The monoisotopic (exact) mass is 301 g/mol. The summed E-state index contributed by atoms with van der Waals surface area (Å²) in [6, 6.07) is 13.6. The Morgan fingerprint density at radius 1 is 1.10 bits per heavy atom. The molecule has 2 aromatic rings. The Labute approximate surface area is 129 Å². The van der Waals surface area contributed by atoms with Gasteiger partial charge in [0.15, 0.2) is 5.78 Å². The SMILES string of the molecule is CCC(CNC(=O)c1ccc(C(C)=O)s1)c1ccccc1. The summed E-state index contributed by atoms with van der Waals surface area (Å²) in [4.78, 5) is 24.6. The first kappa shape index (κ1) is 15.4. The maximum Gasteiger partial charge on any atom is 0.261 e. The smallest absolute Gasteiger partial charge is 0.261 e. The standard InChI is InChI=1S/C17H19NO2S/c1-3-13(14-7-5-4-6-8-14)11-18-17(20)16-10-9-15(21-16)12(2)19/h4-10,13H,3,11H2,1-2H3,(H,18,20).